The molecule has 2 aromatic carbocycles. The molecule has 0 bridgehead atoms. The smallest absolute Gasteiger partial charge is 0.251 e. The van der Waals surface area contributed by atoms with E-state index >= 15 is 0 Å². The molecule has 0 fully saturated rings. The van der Waals surface area contributed by atoms with Gasteiger partial charge >= 0.3 is 0 Å². The predicted molar refractivity (Wildman–Crippen MR) is 124 cm³/mol. The first-order valence-corrected chi connectivity index (χ1v) is 10.4. The average molecular weight is 425 g/mol. The third-order valence-electron chi connectivity index (χ3n) is 4.73. The van der Waals surface area contributed by atoms with Crippen molar-refractivity contribution in [2.45, 2.75) is 27.7 Å². The third kappa shape index (κ3) is 7.77. The molecule has 0 spiro atoms. The fourth-order valence-electron chi connectivity index (χ4n) is 2.85. The van der Waals surface area contributed by atoms with E-state index in [9.17, 15) is 14.4 Å². The Bertz CT molecular complexity index is 923. The summed E-state index contributed by atoms with van der Waals surface area (Å²) in [7, 11) is 1.59. The molecular formula is C24H32N4O3. The first-order valence-electron chi connectivity index (χ1n) is 10.4. The van der Waals surface area contributed by atoms with E-state index in [1.54, 1.807) is 25.2 Å². The van der Waals surface area contributed by atoms with Crippen molar-refractivity contribution < 1.29 is 14.4 Å². The van der Waals surface area contributed by atoms with E-state index in [-0.39, 0.29) is 30.8 Å². The summed E-state index contributed by atoms with van der Waals surface area (Å²) >= 11 is 0. The molecule has 0 unspecified atom stereocenters. The Hall–Kier alpha value is -3.35. The summed E-state index contributed by atoms with van der Waals surface area (Å²) in [6, 6.07) is 12.8. The third-order valence-corrected chi connectivity index (χ3v) is 4.73. The molecule has 7 nitrogen and oxygen atoms in total. The molecule has 7 heteroatoms. The zero-order valence-electron chi connectivity index (χ0n) is 18.9. The van der Waals surface area contributed by atoms with Crippen LogP contribution in [0.2, 0.25) is 0 Å². The van der Waals surface area contributed by atoms with Gasteiger partial charge in [-0.15, -0.1) is 0 Å². The highest BCUT2D eigenvalue weighted by Gasteiger charge is 2.14. The quantitative estimate of drug-likeness (QED) is 0.577. The summed E-state index contributed by atoms with van der Waals surface area (Å²) in [5.74, 6) is -0.198. The van der Waals surface area contributed by atoms with E-state index in [0.717, 1.165) is 16.8 Å². The molecule has 3 amide bonds. The Morgan fingerprint density at radius 2 is 1.68 bits per heavy atom. The maximum atomic E-state index is 12.4. The van der Waals surface area contributed by atoms with E-state index in [0.29, 0.717) is 23.7 Å². The monoisotopic (exact) mass is 424 g/mol. The van der Waals surface area contributed by atoms with Gasteiger partial charge in [-0.1, -0.05) is 31.5 Å². The van der Waals surface area contributed by atoms with Crippen LogP contribution in [0.1, 0.15) is 35.3 Å². The average Bonchev–Trinajstić information content (AvgIpc) is 2.72. The van der Waals surface area contributed by atoms with Gasteiger partial charge in [0.15, 0.2) is 0 Å². The number of hydrogen-bond donors (Lipinski definition) is 3. The second-order valence-electron chi connectivity index (χ2n) is 8.15. The van der Waals surface area contributed by atoms with Crippen LogP contribution < -0.4 is 16.0 Å². The number of amides is 3. The molecule has 0 aliphatic rings. The number of carbonyl (C=O) groups excluding carboxylic acids is 3. The van der Waals surface area contributed by atoms with Crippen LogP contribution in [0.15, 0.2) is 42.5 Å². The van der Waals surface area contributed by atoms with Crippen molar-refractivity contribution in [3.8, 4) is 0 Å². The second-order valence-corrected chi connectivity index (χ2v) is 8.15. The summed E-state index contributed by atoms with van der Waals surface area (Å²) in [5.41, 5.74) is 4.02. The Balaban J connectivity index is 1.84. The SMILES string of the molecule is Cc1ccc(NC(=O)CN(C)C(=O)CNc2ccc(C(=O)NCC(C)C)cc2C)cc1. The molecule has 166 valence electrons. The van der Waals surface area contributed by atoms with E-state index in [2.05, 4.69) is 16.0 Å². The van der Waals surface area contributed by atoms with Crippen LogP contribution in [0.3, 0.4) is 0 Å². The lowest BCUT2D eigenvalue weighted by atomic mass is 10.1. The molecule has 31 heavy (non-hydrogen) atoms. The zero-order chi connectivity index (χ0) is 23.0. The molecular weight excluding hydrogens is 392 g/mol. The number of aryl methyl sites for hydroxylation is 2. The number of carbonyl (C=O) groups is 3. The van der Waals surface area contributed by atoms with Gasteiger partial charge in [0.05, 0.1) is 13.1 Å². The maximum Gasteiger partial charge on any atom is 0.251 e. The van der Waals surface area contributed by atoms with Crippen LogP contribution in [0.5, 0.6) is 0 Å². The number of nitrogens with one attached hydrogen (secondary N) is 3. The van der Waals surface area contributed by atoms with E-state index in [1.165, 1.54) is 4.90 Å². The molecule has 0 aromatic heterocycles. The van der Waals surface area contributed by atoms with Gasteiger partial charge in [-0.25, -0.2) is 0 Å². The van der Waals surface area contributed by atoms with Crippen molar-refractivity contribution in [3.63, 3.8) is 0 Å². The van der Waals surface area contributed by atoms with E-state index < -0.39 is 0 Å². The number of rotatable bonds is 9. The van der Waals surface area contributed by atoms with Gasteiger partial charge in [0, 0.05) is 30.5 Å². The first-order chi connectivity index (χ1) is 14.7. The number of likely N-dealkylation sites (N-methyl/N-ethyl adjacent to an activating group) is 1. The summed E-state index contributed by atoms with van der Waals surface area (Å²) in [5, 5.41) is 8.76. The molecule has 2 rings (SSSR count). The molecule has 0 aliphatic carbocycles. The highest BCUT2D eigenvalue weighted by Crippen LogP contribution is 2.16. The maximum absolute atomic E-state index is 12.4. The molecule has 0 atom stereocenters. The van der Waals surface area contributed by atoms with Gasteiger partial charge in [-0.05, 0) is 55.7 Å². The molecule has 0 saturated heterocycles. The fraction of sp³-hybridized carbons (Fsp3) is 0.375. The van der Waals surface area contributed by atoms with Crippen LogP contribution in [-0.2, 0) is 9.59 Å². The van der Waals surface area contributed by atoms with Gasteiger partial charge in [0.1, 0.15) is 0 Å². The number of benzene rings is 2. The Kier molecular flexibility index (Phi) is 8.61. The summed E-state index contributed by atoms with van der Waals surface area (Å²) in [6.07, 6.45) is 0. The summed E-state index contributed by atoms with van der Waals surface area (Å²) in [4.78, 5) is 38.1. The number of anilines is 2. The Labute approximate surface area is 184 Å². The van der Waals surface area contributed by atoms with Gasteiger partial charge in [-0.2, -0.15) is 0 Å². The Morgan fingerprint density at radius 3 is 2.29 bits per heavy atom. The van der Waals surface area contributed by atoms with Crippen LogP contribution in [0.25, 0.3) is 0 Å². The minimum absolute atomic E-state index is 0.0394. The molecule has 0 saturated carbocycles. The minimum Gasteiger partial charge on any atom is -0.376 e. The van der Waals surface area contributed by atoms with Crippen molar-refractivity contribution >= 4 is 29.1 Å². The number of nitrogens with zero attached hydrogens (tertiary/aromatic N) is 1. The first kappa shape index (κ1) is 23.9. The van der Waals surface area contributed by atoms with Crippen LogP contribution in [-0.4, -0.2) is 49.3 Å². The molecule has 0 aliphatic heterocycles. The Morgan fingerprint density at radius 1 is 1.00 bits per heavy atom. The summed E-state index contributed by atoms with van der Waals surface area (Å²) in [6.45, 7) is 8.57. The lowest BCUT2D eigenvalue weighted by molar-refractivity contribution is -0.131. The van der Waals surface area contributed by atoms with Crippen LogP contribution in [0, 0.1) is 19.8 Å². The zero-order valence-corrected chi connectivity index (χ0v) is 18.9. The molecule has 2 aromatic rings. The summed E-state index contributed by atoms with van der Waals surface area (Å²) < 4.78 is 0. The topological polar surface area (TPSA) is 90.5 Å². The fourth-order valence-corrected chi connectivity index (χ4v) is 2.85. The van der Waals surface area contributed by atoms with E-state index in [4.69, 9.17) is 0 Å². The van der Waals surface area contributed by atoms with Gasteiger partial charge in [-0.3, -0.25) is 14.4 Å². The molecule has 0 radical (unpaired) electrons. The van der Waals surface area contributed by atoms with Gasteiger partial charge in [0.25, 0.3) is 5.91 Å². The van der Waals surface area contributed by atoms with Crippen LogP contribution >= 0.6 is 0 Å². The lowest BCUT2D eigenvalue weighted by Crippen LogP contribution is -2.38. The second kappa shape index (κ2) is 11.2. The van der Waals surface area contributed by atoms with Crippen molar-refractivity contribution in [2.24, 2.45) is 5.92 Å². The van der Waals surface area contributed by atoms with Gasteiger partial charge < -0.3 is 20.9 Å². The predicted octanol–water partition coefficient (Wildman–Crippen LogP) is 3.20. The van der Waals surface area contributed by atoms with Crippen LogP contribution in [0.4, 0.5) is 11.4 Å². The standard InChI is InChI=1S/C24H32N4O3/c1-16(2)13-26-24(31)19-8-11-21(18(4)12-19)25-14-23(30)28(5)15-22(29)27-20-9-6-17(3)7-10-20/h6-12,16,25H,13-15H2,1-5H3,(H,26,31)(H,27,29). The highest BCUT2D eigenvalue weighted by molar-refractivity contribution is 5.96. The van der Waals surface area contributed by atoms with E-state index in [1.807, 2.05) is 52.0 Å². The number of hydrogen-bond acceptors (Lipinski definition) is 4. The lowest BCUT2D eigenvalue weighted by Gasteiger charge is -2.18. The van der Waals surface area contributed by atoms with Crippen molar-refractivity contribution in [1.29, 1.82) is 0 Å². The van der Waals surface area contributed by atoms with Gasteiger partial charge in [0.2, 0.25) is 11.8 Å². The highest BCUT2D eigenvalue weighted by atomic mass is 16.2. The largest absolute Gasteiger partial charge is 0.376 e. The van der Waals surface area contributed by atoms with Crippen molar-refractivity contribution in [3.05, 3.63) is 59.2 Å². The normalized spacial score (nSPS) is 10.5. The minimum atomic E-state index is -0.257. The molecule has 0 heterocycles. The molecule has 3 N–H and O–H groups in total. The van der Waals surface area contributed by atoms with Crippen molar-refractivity contribution in [1.82, 2.24) is 10.2 Å². The van der Waals surface area contributed by atoms with Crippen molar-refractivity contribution in [2.75, 3.05) is 37.3 Å².